The van der Waals surface area contributed by atoms with Gasteiger partial charge in [-0.05, 0) is 24.8 Å². The third kappa shape index (κ3) is 8.95. The number of hydrogen-bond donors (Lipinski definition) is 2. The molecule has 1 atom stereocenters. The van der Waals surface area contributed by atoms with Crippen LogP contribution in [0.2, 0.25) is 0 Å². The summed E-state index contributed by atoms with van der Waals surface area (Å²) in [5, 5.41) is 2.49. The third-order valence-electron chi connectivity index (χ3n) is 4.81. The fraction of sp³-hybridized carbons (Fsp3) is 0.545. The van der Waals surface area contributed by atoms with Crippen LogP contribution in [0.25, 0.3) is 0 Å². The lowest BCUT2D eigenvalue weighted by Gasteiger charge is -2.25. The van der Waals surface area contributed by atoms with E-state index in [1.165, 1.54) is 19.0 Å². The van der Waals surface area contributed by atoms with E-state index in [9.17, 15) is 19.2 Å². The van der Waals surface area contributed by atoms with Crippen molar-refractivity contribution in [1.29, 1.82) is 0 Å². The zero-order valence-corrected chi connectivity index (χ0v) is 18.3. The normalized spacial score (nSPS) is 11.6. The van der Waals surface area contributed by atoms with Crippen molar-refractivity contribution in [2.75, 3.05) is 47.1 Å². The van der Waals surface area contributed by atoms with Crippen molar-refractivity contribution in [2.45, 2.75) is 31.7 Å². The van der Waals surface area contributed by atoms with Gasteiger partial charge >= 0.3 is 0 Å². The number of rotatable bonds is 16. The second-order valence-electron chi connectivity index (χ2n) is 6.95. The Morgan fingerprint density at radius 2 is 1.87 bits per heavy atom. The number of carbonyl (C=O) groups excluding carboxylic acids is 4. The van der Waals surface area contributed by atoms with Crippen LogP contribution in [0.1, 0.15) is 45.5 Å². The second-order valence-corrected chi connectivity index (χ2v) is 6.95. The number of benzene rings is 1. The number of nitrogens with one attached hydrogen (secondary N) is 1. The maximum atomic E-state index is 13.1. The molecular formula is C22H33N3O6. The fourth-order valence-electron chi connectivity index (χ4n) is 3.04. The average Bonchev–Trinajstić information content (AvgIpc) is 2.79. The highest BCUT2D eigenvalue weighted by Gasteiger charge is 2.25. The minimum absolute atomic E-state index is 0.117. The number of nitrogens with two attached hydrogens (primary N) is 1. The van der Waals surface area contributed by atoms with E-state index in [1.54, 1.807) is 18.2 Å². The standard InChI is InChI=1S/C22H33N3O6/c1-24-20(28)9-8-19(16-27)25(2)22(29)21-17(5-3-6-18(21)15-26)7-4-11-30-13-14-31-12-10-23/h3,5-6,15-16,19H,4,7-14,23H2,1-2H3,(H,24,28). The van der Waals surface area contributed by atoms with Crippen molar-refractivity contribution in [3.05, 3.63) is 34.9 Å². The minimum Gasteiger partial charge on any atom is -0.379 e. The molecule has 0 radical (unpaired) electrons. The highest BCUT2D eigenvalue weighted by Crippen LogP contribution is 2.19. The van der Waals surface area contributed by atoms with Crippen molar-refractivity contribution >= 4 is 24.4 Å². The van der Waals surface area contributed by atoms with Gasteiger partial charge in [0.05, 0.1) is 31.4 Å². The van der Waals surface area contributed by atoms with E-state index in [1.807, 2.05) is 0 Å². The van der Waals surface area contributed by atoms with Crippen LogP contribution >= 0.6 is 0 Å². The molecule has 0 spiro atoms. The molecule has 172 valence electrons. The minimum atomic E-state index is -0.769. The summed E-state index contributed by atoms with van der Waals surface area (Å²) in [4.78, 5) is 49.0. The molecule has 0 saturated heterocycles. The first kappa shape index (κ1) is 26.4. The molecule has 0 aliphatic carbocycles. The van der Waals surface area contributed by atoms with Crippen molar-refractivity contribution < 1.29 is 28.7 Å². The molecule has 0 saturated carbocycles. The zero-order valence-electron chi connectivity index (χ0n) is 18.3. The quantitative estimate of drug-likeness (QED) is 0.287. The van der Waals surface area contributed by atoms with E-state index in [0.29, 0.717) is 63.9 Å². The van der Waals surface area contributed by atoms with Gasteiger partial charge in [0.15, 0.2) is 6.29 Å². The zero-order chi connectivity index (χ0) is 23.1. The Morgan fingerprint density at radius 1 is 1.16 bits per heavy atom. The maximum absolute atomic E-state index is 13.1. The SMILES string of the molecule is CNC(=O)CCC(C=O)N(C)C(=O)c1c(C=O)cccc1CCCOCCOCCN. The number of likely N-dealkylation sites (N-methyl/N-ethyl adjacent to an activating group) is 1. The highest BCUT2D eigenvalue weighted by atomic mass is 16.5. The van der Waals surface area contributed by atoms with Crippen molar-refractivity contribution in [1.82, 2.24) is 10.2 Å². The van der Waals surface area contributed by atoms with Crippen LogP contribution in [-0.4, -0.2) is 82.4 Å². The van der Waals surface area contributed by atoms with E-state index >= 15 is 0 Å². The first-order valence-corrected chi connectivity index (χ1v) is 10.4. The van der Waals surface area contributed by atoms with Gasteiger partial charge < -0.3 is 30.2 Å². The summed E-state index contributed by atoms with van der Waals surface area (Å²) in [7, 11) is 3.01. The number of aryl methyl sites for hydroxylation is 1. The smallest absolute Gasteiger partial charge is 0.255 e. The summed E-state index contributed by atoms with van der Waals surface area (Å²) in [6.07, 6.45) is 2.78. The van der Waals surface area contributed by atoms with E-state index < -0.39 is 11.9 Å². The predicted octanol–water partition coefficient (Wildman–Crippen LogP) is 0.589. The molecule has 0 aliphatic rings. The molecule has 1 rings (SSSR count). The number of nitrogens with zero attached hydrogens (tertiary/aromatic N) is 1. The lowest BCUT2D eigenvalue weighted by molar-refractivity contribution is -0.121. The van der Waals surface area contributed by atoms with Crippen molar-refractivity contribution in [3.63, 3.8) is 0 Å². The Morgan fingerprint density at radius 3 is 2.48 bits per heavy atom. The van der Waals surface area contributed by atoms with Crippen LogP contribution in [0.5, 0.6) is 0 Å². The lowest BCUT2D eigenvalue weighted by atomic mass is 9.96. The molecular weight excluding hydrogens is 402 g/mol. The Labute approximate surface area is 183 Å². The molecule has 0 heterocycles. The summed E-state index contributed by atoms with van der Waals surface area (Å²) in [6, 6.07) is 4.32. The fourth-order valence-corrected chi connectivity index (χ4v) is 3.04. The van der Waals surface area contributed by atoms with Gasteiger partial charge in [-0.25, -0.2) is 0 Å². The number of aldehydes is 2. The molecule has 3 N–H and O–H groups in total. The van der Waals surface area contributed by atoms with E-state index in [4.69, 9.17) is 15.2 Å². The van der Waals surface area contributed by atoms with Gasteiger partial charge in [0.2, 0.25) is 5.91 Å². The van der Waals surface area contributed by atoms with Crippen LogP contribution in [0.3, 0.4) is 0 Å². The summed E-state index contributed by atoms with van der Waals surface area (Å²) in [5.74, 6) is -0.641. The van der Waals surface area contributed by atoms with Gasteiger partial charge in [-0.1, -0.05) is 18.2 Å². The molecule has 9 heteroatoms. The Bertz CT molecular complexity index is 725. The molecule has 0 aliphatic heterocycles. The predicted molar refractivity (Wildman–Crippen MR) is 116 cm³/mol. The molecule has 1 aromatic carbocycles. The summed E-state index contributed by atoms with van der Waals surface area (Å²) in [6.45, 7) is 2.36. The van der Waals surface area contributed by atoms with E-state index in [0.717, 1.165) is 0 Å². The Kier molecular flexibility index (Phi) is 13.0. The Balaban J connectivity index is 2.80. The maximum Gasteiger partial charge on any atom is 0.255 e. The van der Waals surface area contributed by atoms with Crippen LogP contribution in [0.4, 0.5) is 0 Å². The molecule has 2 amide bonds. The van der Waals surface area contributed by atoms with Crippen LogP contribution in [-0.2, 0) is 25.5 Å². The molecule has 1 unspecified atom stereocenters. The van der Waals surface area contributed by atoms with Crippen LogP contribution < -0.4 is 11.1 Å². The third-order valence-corrected chi connectivity index (χ3v) is 4.81. The molecule has 0 aromatic heterocycles. The van der Waals surface area contributed by atoms with Gasteiger partial charge in [-0.3, -0.25) is 14.4 Å². The largest absolute Gasteiger partial charge is 0.379 e. The summed E-state index contributed by atoms with van der Waals surface area (Å²) in [5.41, 5.74) is 6.59. The van der Waals surface area contributed by atoms with Gasteiger partial charge in [0, 0.05) is 39.2 Å². The average molecular weight is 436 g/mol. The van der Waals surface area contributed by atoms with Gasteiger partial charge in [-0.2, -0.15) is 0 Å². The monoisotopic (exact) mass is 435 g/mol. The molecule has 31 heavy (non-hydrogen) atoms. The molecule has 9 nitrogen and oxygen atoms in total. The van der Waals surface area contributed by atoms with Gasteiger partial charge in [-0.15, -0.1) is 0 Å². The summed E-state index contributed by atoms with van der Waals surface area (Å²) >= 11 is 0. The topological polar surface area (TPSA) is 128 Å². The molecule has 0 bridgehead atoms. The van der Waals surface area contributed by atoms with Crippen molar-refractivity contribution in [3.8, 4) is 0 Å². The van der Waals surface area contributed by atoms with Gasteiger partial charge in [0.1, 0.15) is 6.29 Å². The van der Waals surface area contributed by atoms with E-state index in [2.05, 4.69) is 5.32 Å². The number of carbonyl (C=O) groups is 4. The molecule has 1 aromatic rings. The number of hydrogen-bond acceptors (Lipinski definition) is 7. The van der Waals surface area contributed by atoms with Gasteiger partial charge in [0.25, 0.3) is 5.91 Å². The Hall–Kier alpha value is -2.62. The highest BCUT2D eigenvalue weighted by molar-refractivity contribution is 6.03. The number of ether oxygens (including phenoxy) is 2. The number of amides is 2. The van der Waals surface area contributed by atoms with Crippen LogP contribution in [0.15, 0.2) is 18.2 Å². The first-order valence-electron chi connectivity index (χ1n) is 10.4. The van der Waals surface area contributed by atoms with Crippen molar-refractivity contribution in [2.24, 2.45) is 5.73 Å². The first-order chi connectivity index (χ1) is 15.0. The lowest BCUT2D eigenvalue weighted by Crippen LogP contribution is -2.39. The second kappa shape index (κ2) is 15.2. The van der Waals surface area contributed by atoms with Crippen LogP contribution in [0, 0.1) is 0 Å². The molecule has 0 fully saturated rings. The summed E-state index contributed by atoms with van der Waals surface area (Å²) < 4.78 is 10.7. The van der Waals surface area contributed by atoms with E-state index in [-0.39, 0.29) is 29.9 Å².